The van der Waals surface area contributed by atoms with Crippen molar-refractivity contribution in [2.24, 2.45) is 0 Å². The third-order valence-electron chi connectivity index (χ3n) is 6.64. The van der Waals surface area contributed by atoms with Crippen molar-refractivity contribution in [1.29, 1.82) is 0 Å². The molecule has 0 aromatic heterocycles. The maximum atomic E-state index is 13.2. The van der Waals surface area contributed by atoms with Crippen molar-refractivity contribution in [3.63, 3.8) is 0 Å². The third-order valence-corrected chi connectivity index (χ3v) is 6.64. The average Bonchev–Trinajstić information content (AvgIpc) is 3.18. The number of halogens is 1. The zero-order valence-electron chi connectivity index (χ0n) is 20.3. The van der Waals surface area contributed by atoms with Crippen LogP contribution in [0.3, 0.4) is 0 Å². The Morgan fingerprint density at radius 1 is 1.03 bits per heavy atom. The first-order valence-electron chi connectivity index (χ1n) is 12.0. The maximum Gasteiger partial charge on any atom is 0.231 e. The highest BCUT2D eigenvalue weighted by atomic mass is 19.1. The lowest BCUT2D eigenvalue weighted by atomic mass is 9.99. The van der Waals surface area contributed by atoms with Crippen molar-refractivity contribution in [1.82, 2.24) is 4.90 Å². The van der Waals surface area contributed by atoms with Gasteiger partial charge in [0.15, 0.2) is 5.76 Å². The first-order chi connectivity index (χ1) is 17.0. The highest BCUT2D eigenvalue weighted by molar-refractivity contribution is 6.15. The Labute approximate surface area is 205 Å². The van der Waals surface area contributed by atoms with Crippen molar-refractivity contribution in [3.8, 4) is 11.5 Å². The number of nitrogens with zero attached hydrogens (tertiary/aromatic N) is 2. The lowest BCUT2D eigenvalue weighted by Gasteiger charge is -2.30. The van der Waals surface area contributed by atoms with Crippen LogP contribution in [0.4, 0.5) is 10.1 Å². The van der Waals surface area contributed by atoms with Gasteiger partial charge < -0.3 is 14.4 Å². The third kappa shape index (κ3) is 4.54. The molecule has 3 aromatic rings. The second-order valence-corrected chi connectivity index (χ2v) is 8.96. The molecule has 0 aliphatic carbocycles. The van der Waals surface area contributed by atoms with Gasteiger partial charge in [-0.25, -0.2) is 4.39 Å². The van der Waals surface area contributed by atoms with Gasteiger partial charge in [-0.15, -0.1) is 0 Å². The number of carbonyl (C=O) groups excluding carboxylic acids is 1. The molecule has 5 rings (SSSR count). The van der Waals surface area contributed by atoms with E-state index in [0.29, 0.717) is 36.9 Å². The fraction of sp³-hybridized carbons (Fsp3) is 0.276. The Balaban J connectivity index is 1.36. The highest BCUT2D eigenvalue weighted by Gasteiger charge is 2.33. The monoisotopic (exact) mass is 472 g/mol. The van der Waals surface area contributed by atoms with Gasteiger partial charge in [-0.3, -0.25) is 9.69 Å². The smallest absolute Gasteiger partial charge is 0.231 e. The Morgan fingerprint density at radius 3 is 2.43 bits per heavy atom. The number of hydrogen-bond donors (Lipinski definition) is 0. The Bertz CT molecular complexity index is 1280. The number of ether oxygens (including phenoxy) is 2. The van der Waals surface area contributed by atoms with E-state index in [4.69, 9.17) is 9.47 Å². The number of hydrogen-bond acceptors (Lipinski definition) is 5. The quantitative estimate of drug-likeness (QED) is 0.415. The summed E-state index contributed by atoms with van der Waals surface area (Å²) in [5.41, 5.74) is 5.45. The zero-order valence-corrected chi connectivity index (χ0v) is 20.3. The topological polar surface area (TPSA) is 42.0 Å². The van der Waals surface area contributed by atoms with Gasteiger partial charge in [0.25, 0.3) is 0 Å². The SMILES string of the molecule is CCN(CC)c1ccc(/C=C2\Oc3c(cc4c(c3C)OCN(Cc3ccc(F)cc3)C4)C2=O)cc1. The second kappa shape index (κ2) is 9.55. The first kappa shape index (κ1) is 23.1. The maximum absolute atomic E-state index is 13.2. The van der Waals surface area contributed by atoms with E-state index in [0.717, 1.165) is 46.8 Å². The number of Topliss-reactive ketones (excluding diaryl/α,β-unsaturated/α-hetero) is 1. The summed E-state index contributed by atoms with van der Waals surface area (Å²) in [5, 5.41) is 0. The normalized spacial score (nSPS) is 16.0. The zero-order chi connectivity index (χ0) is 24.5. The van der Waals surface area contributed by atoms with Crippen LogP contribution in [0.1, 0.15) is 46.5 Å². The summed E-state index contributed by atoms with van der Waals surface area (Å²) in [7, 11) is 0. The predicted octanol–water partition coefficient (Wildman–Crippen LogP) is 5.95. The Morgan fingerprint density at radius 2 is 1.74 bits per heavy atom. The second-order valence-electron chi connectivity index (χ2n) is 8.96. The summed E-state index contributed by atoms with van der Waals surface area (Å²) in [6.45, 7) is 9.78. The molecular weight excluding hydrogens is 443 g/mol. The van der Waals surface area contributed by atoms with E-state index in [1.54, 1.807) is 18.2 Å². The average molecular weight is 473 g/mol. The molecule has 5 nitrogen and oxygen atoms in total. The number of carbonyl (C=O) groups is 1. The van der Waals surface area contributed by atoms with Crippen LogP contribution in [0.5, 0.6) is 11.5 Å². The van der Waals surface area contributed by atoms with E-state index in [2.05, 4.69) is 35.8 Å². The van der Waals surface area contributed by atoms with E-state index in [9.17, 15) is 9.18 Å². The molecule has 0 saturated carbocycles. The first-order valence-corrected chi connectivity index (χ1v) is 12.0. The van der Waals surface area contributed by atoms with Gasteiger partial charge >= 0.3 is 0 Å². The van der Waals surface area contributed by atoms with Crippen LogP contribution in [0.25, 0.3) is 6.08 Å². The molecule has 0 N–H and O–H groups in total. The number of allylic oxidation sites excluding steroid dienone is 1. The summed E-state index contributed by atoms with van der Waals surface area (Å²) < 4.78 is 25.3. The number of fused-ring (bicyclic) bond motifs is 2. The molecule has 2 aliphatic heterocycles. The molecule has 0 unspecified atom stereocenters. The van der Waals surface area contributed by atoms with Crippen LogP contribution in [0.2, 0.25) is 0 Å². The van der Waals surface area contributed by atoms with Gasteiger partial charge in [-0.2, -0.15) is 0 Å². The van der Waals surface area contributed by atoms with Crippen molar-refractivity contribution < 1.29 is 18.7 Å². The van der Waals surface area contributed by atoms with Crippen LogP contribution >= 0.6 is 0 Å². The number of anilines is 1. The summed E-state index contributed by atoms with van der Waals surface area (Å²) in [4.78, 5) is 17.6. The number of rotatable bonds is 6. The Kier molecular flexibility index (Phi) is 6.31. The molecule has 180 valence electrons. The molecule has 2 aliphatic rings. The van der Waals surface area contributed by atoms with Crippen LogP contribution in [0.15, 0.2) is 60.4 Å². The largest absolute Gasteiger partial charge is 0.477 e. The lowest BCUT2D eigenvalue weighted by molar-refractivity contribution is 0.0876. The molecule has 35 heavy (non-hydrogen) atoms. The molecule has 0 fully saturated rings. The van der Waals surface area contributed by atoms with E-state index >= 15 is 0 Å². The number of benzene rings is 3. The van der Waals surface area contributed by atoms with Crippen LogP contribution in [0, 0.1) is 12.7 Å². The predicted molar refractivity (Wildman–Crippen MR) is 135 cm³/mol. The van der Waals surface area contributed by atoms with Crippen LogP contribution in [-0.4, -0.2) is 30.5 Å². The summed E-state index contributed by atoms with van der Waals surface area (Å²) in [5.74, 6) is 1.31. The Hall–Kier alpha value is -3.64. The molecule has 0 atom stereocenters. The van der Waals surface area contributed by atoms with Crippen LogP contribution in [-0.2, 0) is 13.1 Å². The van der Waals surface area contributed by atoms with Crippen LogP contribution < -0.4 is 14.4 Å². The van der Waals surface area contributed by atoms with Gasteiger partial charge in [-0.1, -0.05) is 24.3 Å². The van der Waals surface area contributed by atoms with Gasteiger partial charge in [0.1, 0.15) is 24.0 Å². The van der Waals surface area contributed by atoms with Gasteiger partial charge in [-0.05, 0) is 68.3 Å². The van der Waals surface area contributed by atoms with E-state index in [1.165, 1.54) is 12.1 Å². The van der Waals surface area contributed by atoms with Gasteiger partial charge in [0.2, 0.25) is 5.78 Å². The van der Waals surface area contributed by atoms with Crippen molar-refractivity contribution in [2.45, 2.75) is 33.9 Å². The molecular formula is C29H29FN2O3. The lowest BCUT2D eigenvalue weighted by Crippen LogP contribution is -2.32. The van der Waals surface area contributed by atoms with E-state index in [1.807, 2.05) is 25.1 Å². The fourth-order valence-electron chi connectivity index (χ4n) is 4.77. The van der Waals surface area contributed by atoms with Gasteiger partial charge in [0.05, 0.1) is 5.56 Å². The molecule has 3 aromatic carbocycles. The van der Waals surface area contributed by atoms with Crippen molar-refractivity contribution in [2.75, 3.05) is 24.7 Å². The minimum Gasteiger partial charge on any atom is -0.477 e. The molecule has 0 bridgehead atoms. The minimum absolute atomic E-state index is 0.116. The molecule has 0 radical (unpaired) electrons. The number of ketones is 1. The van der Waals surface area contributed by atoms with Gasteiger partial charge in [0, 0.05) is 43.0 Å². The molecule has 0 spiro atoms. The highest BCUT2D eigenvalue weighted by Crippen LogP contribution is 2.43. The fourth-order valence-corrected chi connectivity index (χ4v) is 4.77. The summed E-state index contributed by atoms with van der Waals surface area (Å²) in [6, 6.07) is 16.5. The van der Waals surface area contributed by atoms with Crippen molar-refractivity contribution >= 4 is 17.5 Å². The molecule has 2 heterocycles. The summed E-state index contributed by atoms with van der Waals surface area (Å²) in [6.07, 6.45) is 1.80. The minimum atomic E-state index is -0.248. The van der Waals surface area contributed by atoms with E-state index in [-0.39, 0.29) is 11.6 Å². The molecule has 0 saturated heterocycles. The van der Waals surface area contributed by atoms with E-state index < -0.39 is 0 Å². The molecule has 6 heteroatoms. The molecule has 0 amide bonds. The standard InChI is InChI=1S/C29H29FN2O3/c1-4-32(5-2)24-12-8-20(9-13-24)14-26-27(33)25-15-22-17-31(16-21-6-10-23(30)11-7-21)18-34-28(22)19(3)29(25)35-26/h6-15H,4-5,16-18H2,1-3H3/b26-14-. The van der Waals surface area contributed by atoms with Crippen molar-refractivity contribution in [3.05, 3.63) is 94.0 Å². The summed E-state index contributed by atoms with van der Waals surface area (Å²) >= 11 is 0.